The van der Waals surface area contributed by atoms with Crippen molar-refractivity contribution in [3.63, 3.8) is 0 Å². The highest BCUT2D eigenvalue weighted by molar-refractivity contribution is 9.10. The molecule has 0 unspecified atom stereocenters. The molecule has 0 aromatic heterocycles. The standard InChI is InChI=1S/C8H6BrClO2/c1-12-7-3-5(4-11)2-6(9)8(7)10/h2-4H,1H3. The molecule has 0 saturated heterocycles. The number of halogens is 2. The molecule has 1 aromatic carbocycles. The van der Waals surface area contributed by atoms with Crippen LogP contribution < -0.4 is 4.74 Å². The van der Waals surface area contributed by atoms with Crippen LogP contribution in [0.5, 0.6) is 5.75 Å². The van der Waals surface area contributed by atoms with Crippen molar-refractivity contribution in [1.82, 2.24) is 0 Å². The SMILES string of the molecule is COc1cc(C=O)cc(Br)c1Cl. The third kappa shape index (κ3) is 1.79. The minimum Gasteiger partial charge on any atom is -0.495 e. The predicted molar refractivity (Wildman–Crippen MR) is 51.1 cm³/mol. The monoisotopic (exact) mass is 248 g/mol. The summed E-state index contributed by atoms with van der Waals surface area (Å²) in [5.41, 5.74) is 0.531. The zero-order valence-electron chi connectivity index (χ0n) is 6.30. The van der Waals surface area contributed by atoms with Crippen LogP contribution in [-0.4, -0.2) is 13.4 Å². The van der Waals surface area contributed by atoms with Crippen molar-refractivity contribution in [2.75, 3.05) is 7.11 Å². The number of rotatable bonds is 2. The number of carbonyl (C=O) groups is 1. The minimum absolute atomic E-state index is 0.475. The molecule has 4 heteroatoms. The molecule has 0 spiro atoms. The summed E-state index contributed by atoms with van der Waals surface area (Å²) in [5.74, 6) is 0.494. The number of carbonyl (C=O) groups excluding carboxylic acids is 1. The second-order valence-electron chi connectivity index (χ2n) is 2.14. The maximum atomic E-state index is 10.4. The molecular formula is C8H6BrClO2. The van der Waals surface area contributed by atoms with E-state index in [-0.39, 0.29) is 0 Å². The number of hydrogen-bond acceptors (Lipinski definition) is 2. The van der Waals surface area contributed by atoms with E-state index in [1.807, 2.05) is 0 Å². The molecule has 0 N–H and O–H groups in total. The van der Waals surface area contributed by atoms with E-state index >= 15 is 0 Å². The van der Waals surface area contributed by atoms with E-state index in [4.69, 9.17) is 16.3 Å². The lowest BCUT2D eigenvalue weighted by molar-refractivity contribution is 0.112. The van der Waals surface area contributed by atoms with Gasteiger partial charge in [0, 0.05) is 10.0 Å². The largest absolute Gasteiger partial charge is 0.495 e. The number of hydrogen-bond donors (Lipinski definition) is 0. The zero-order chi connectivity index (χ0) is 9.14. The van der Waals surface area contributed by atoms with Gasteiger partial charge in [-0.15, -0.1) is 0 Å². The Kier molecular flexibility index (Phi) is 3.12. The second kappa shape index (κ2) is 3.92. The molecule has 0 bridgehead atoms. The molecule has 0 fully saturated rings. The summed E-state index contributed by atoms with van der Waals surface area (Å²) in [6, 6.07) is 3.22. The summed E-state index contributed by atoms with van der Waals surface area (Å²) in [4.78, 5) is 10.4. The Morgan fingerprint density at radius 3 is 2.75 bits per heavy atom. The number of benzene rings is 1. The van der Waals surface area contributed by atoms with Gasteiger partial charge < -0.3 is 4.74 Å². The third-order valence-electron chi connectivity index (χ3n) is 1.37. The fourth-order valence-corrected chi connectivity index (χ4v) is 1.45. The summed E-state index contributed by atoms with van der Waals surface area (Å²) in [6.07, 6.45) is 0.740. The van der Waals surface area contributed by atoms with Crippen molar-refractivity contribution in [2.45, 2.75) is 0 Å². The van der Waals surface area contributed by atoms with Crippen LogP contribution in [0.15, 0.2) is 16.6 Å². The Morgan fingerprint density at radius 1 is 1.58 bits per heavy atom. The van der Waals surface area contributed by atoms with E-state index in [0.29, 0.717) is 20.8 Å². The fraction of sp³-hybridized carbons (Fsp3) is 0.125. The number of aldehydes is 1. The van der Waals surface area contributed by atoms with Gasteiger partial charge >= 0.3 is 0 Å². The molecule has 0 saturated carbocycles. The van der Waals surface area contributed by atoms with Crippen LogP contribution in [0.2, 0.25) is 5.02 Å². The Labute approximate surface area is 83.6 Å². The topological polar surface area (TPSA) is 26.3 Å². The summed E-state index contributed by atoms with van der Waals surface area (Å²) >= 11 is 9.04. The Hall–Kier alpha value is -0.540. The van der Waals surface area contributed by atoms with Crippen molar-refractivity contribution in [1.29, 1.82) is 0 Å². The first kappa shape index (κ1) is 9.55. The quantitative estimate of drug-likeness (QED) is 0.753. The minimum atomic E-state index is 0.475. The highest BCUT2D eigenvalue weighted by Gasteiger charge is 2.06. The number of ether oxygens (including phenoxy) is 1. The smallest absolute Gasteiger partial charge is 0.150 e. The van der Waals surface area contributed by atoms with Crippen molar-refractivity contribution in [2.24, 2.45) is 0 Å². The molecule has 1 rings (SSSR count). The molecule has 0 atom stereocenters. The van der Waals surface area contributed by atoms with Crippen molar-refractivity contribution < 1.29 is 9.53 Å². The highest BCUT2D eigenvalue weighted by atomic mass is 79.9. The summed E-state index contributed by atoms with van der Waals surface area (Å²) in [7, 11) is 1.50. The maximum absolute atomic E-state index is 10.4. The van der Waals surface area contributed by atoms with Gasteiger partial charge in [0.2, 0.25) is 0 Å². The van der Waals surface area contributed by atoms with Gasteiger partial charge in [0.1, 0.15) is 12.0 Å². The second-order valence-corrected chi connectivity index (χ2v) is 3.37. The van der Waals surface area contributed by atoms with E-state index in [0.717, 1.165) is 6.29 Å². The maximum Gasteiger partial charge on any atom is 0.150 e. The van der Waals surface area contributed by atoms with E-state index in [9.17, 15) is 4.79 Å². The lowest BCUT2D eigenvalue weighted by atomic mass is 10.2. The summed E-state index contributed by atoms with van der Waals surface area (Å²) in [6.45, 7) is 0. The molecule has 0 radical (unpaired) electrons. The van der Waals surface area contributed by atoms with Crippen LogP contribution >= 0.6 is 27.5 Å². The Bertz CT molecular complexity index is 312. The van der Waals surface area contributed by atoms with Crippen LogP contribution in [0.1, 0.15) is 10.4 Å². The van der Waals surface area contributed by atoms with Crippen LogP contribution in [0.3, 0.4) is 0 Å². The molecule has 0 amide bonds. The lowest BCUT2D eigenvalue weighted by Crippen LogP contribution is -1.88. The molecule has 2 nitrogen and oxygen atoms in total. The van der Waals surface area contributed by atoms with Crippen LogP contribution in [-0.2, 0) is 0 Å². The van der Waals surface area contributed by atoms with E-state index in [2.05, 4.69) is 15.9 Å². The van der Waals surface area contributed by atoms with Gasteiger partial charge in [-0.05, 0) is 28.1 Å². The van der Waals surface area contributed by atoms with Gasteiger partial charge in [-0.25, -0.2) is 0 Å². The van der Waals surface area contributed by atoms with Crippen molar-refractivity contribution in [3.05, 3.63) is 27.2 Å². The Morgan fingerprint density at radius 2 is 2.25 bits per heavy atom. The fourth-order valence-electron chi connectivity index (χ4n) is 0.800. The molecule has 0 aliphatic carbocycles. The van der Waals surface area contributed by atoms with Gasteiger partial charge in [-0.2, -0.15) is 0 Å². The molecular weight excluding hydrogens is 243 g/mol. The first-order chi connectivity index (χ1) is 5.69. The average Bonchev–Trinajstić information content (AvgIpc) is 2.09. The molecule has 1 aromatic rings. The lowest BCUT2D eigenvalue weighted by Gasteiger charge is -2.04. The number of methoxy groups -OCH3 is 1. The molecule has 64 valence electrons. The molecule has 12 heavy (non-hydrogen) atoms. The normalized spacial score (nSPS) is 9.58. The van der Waals surface area contributed by atoms with Crippen LogP contribution in [0, 0.1) is 0 Å². The summed E-state index contributed by atoms with van der Waals surface area (Å²) < 4.78 is 5.61. The summed E-state index contributed by atoms with van der Waals surface area (Å²) in [5, 5.41) is 0.475. The molecule has 0 heterocycles. The first-order valence-electron chi connectivity index (χ1n) is 3.17. The van der Waals surface area contributed by atoms with Crippen molar-refractivity contribution in [3.8, 4) is 5.75 Å². The van der Waals surface area contributed by atoms with Gasteiger partial charge in [-0.1, -0.05) is 11.6 Å². The van der Waals surface area contributed by atoms with E-state index < -0.39 is 0 Å². The van der Waals surface area contributed by atoms with Crippen molar-refractivity contribution >= 4 is 33.8 Å². The van der Waals surface area contributed by atoms with Gasteiger partial charge in [0.25, 0.3) is 0 Å². The van der Waals surface area contributed by atoms with E-state index in [1.165, 1.54) is 7.11 Å². The zero-order valence-corrected chi connectivity index (χ0v) is 8.65. The third-order valence-corrected chi connectivity index (χ3v) is 2.62. The van der Waals surface area contributed by atoms with Gasteiger partial charge in [0.15, 0.2) is 0 Å². The first-order valence-corrected chi connectivity index (χ1v) is 4.34. The predicted octanol–water partition coefficient (Wildman–Crippen LogP) is 2.92. The molecule has 0 aliphatic heterocycles. The van der Waals surface area contributed by atoms with Gasteiger partial charge in [-0.3, -0.25) is 4.79 Å². The highest BCUT2D eigenvalue weighted by Crippen LogP contribution is 2.32. The average molecular weight is 249 g/mol. The Balaban J connectivity index is 3.28. The van der Waals surface area contributed by atoms with Crippen LogP contribution in [0.25, 0.3) is 0 Å². The van der Waals surface area contributed by atoms with E-state index in [1.54, 1.807) is 12.1 Å². The molecule has 0 aliphatic rings. The van der Waals surface area contributed by atoms with Crippen LogP contribution in [0.4, 0.5) is 0 Å². The van der Waals surface area contributed by atoms with Gasteiger partial charge in [0.05, 0.1) is 12.1 Å².